The van der Waals surface area contributed by atoms with E-state index in [4.69, 9.17) is 65.0 Å². The molecule has 12 N–H and O–H groups in total. The molecule has 0 saturated carbocycles. The van der Waals surface area contributed by atoms with Gasteiger partial charge in [-0.05, 0) is 165 Å². The Kier molecular flexibility index (Phi) is 21.4. The zero-order valence-corrected chi connectivity index (χ0v) is 55.2. The summed E-state index contributed by atoms with van der Waals surface area (Å²) >= 11 is 6.15. The number of carbonyl (C=O) groups excluding carboxylic acids is 6. The van der Waals surface area contributed by atoms with Gasteiger partial charge in [-0.25, -0.2) is 14.0 Å². The summed E-state index contributed by atoms with van der Waals surface area (Å²) in [6.07, 6.45) is 5.77. The van der Waals surface area contributed by atoms with E-state index in [2.05, 4.69) is 35.0 Å². The van der Waals surface area contributed by atoms with Crippen LogP contribution in [-0.4, -0.2) is 131 Å². The summed E-state index contributed by atoms with van der Waals surface area (Å²) in [6, 6.07) is 39.2. The maximum Gasteiger partial charge on any atom is 0.273 e. The number of nitrogens with two attached hydrogens (primary N) is 6. The molecule has 9 aromatic rings. The van der Waals surface area contributed by atoms with Gasteiger partial charge < -0.3 is 68.0 Å². The Morgan fingerprint density at radius 1 is 0.500 bits per heavy atom. The number of likely N-dealkylation sites (tertiary alicyclic amines) is 3. The minimum Gasteiger partial charge on any atom is -0.497 e. The number of hydrogen-bond acceptors (Lipinski definition) is 18. The third-order valence-corrected chi connectivity index (χ3v) is 17.2. The third-order valence-electron chi connectivity index (χ3n) is 16.9. The van der Waals surface area contributed by atoms with Crippen LogP contribution in [0.2, 0.25) is 5.02 Å². The molecule has 3 aromatic heterocycles. The van der Waals surface area contributed by atoms with Gasteiger partial charge in [0.1, 0.15) is 91.5 Å². The average Bonchev–Trinajstić information content (AvgIpc) is 1.63. The second-order valence-corrected chi connectivity index (χ2v) is 23.6. The molecule has 0 unspecified atom stereocenters. The highest BCUT2D eigenvalue weighted by molar-refractivity contribution is 6.32. The number of nitrogen functional groups attached to an aromatic ring is 3. The van der Waals surface area contributed by atoms with Crippen molar-refractivity contribution in [1.82, 2.24) is 44.0 Å². The van der Waals surface area contributed by atoms with Crippen LogP contribution in [0.4, 0.5) is 23.1 Å². The van der Waals surface area contributed by atoms with E-state index in [9.17, 15) is 38.9 Å². The first-order valence-electron chi connectivity index (χ1n) is 31.2. The van der Waals surface area contributed by atoms with E-state index < -0.39 is 22.6 Å². The third kappa shape index (κ3) is 15.4. The highest BCUT2D eigenvalue weighted by Gasteiger charge is 2.35. The van der Waals surface area contributed by atoms with Crippen LogP contribution in [0.5, 0.6) is 40.2 Å². The minimum atomic E-state index is -0.715. The molecule has 0 radical (unpaired) electrons. The van der Waals surface area contributed by atoms with Crippen molar-refractivity contribution in [3.05, 3.63) is 215 Å². The lowest BCUT2D eigenvalue weighted by atomic mass is 10.1. The molecule has 29 heteroatoms. The molecule has 0 bridgehead atoms. The van der Waals surface area contributed by atoms with Gasteiger partial charge in [-0.3, -0.25) is 38.9 Å². The van der Waals surface area contributed by atoms with Gasteiger partial charge in [0.15, 0.2) is 0 Å². The lowest BCUT2D eigenvalue weighted by molar-refractivity contribution is -0.384. The average molecular weight is 1380 g/mol. The standard InChI is InChI=1S/C24H24N6O5.C24H25N5O4.C23H22ClN5O3/c1-3-20(31)28-11-10-17(13-28)29-23(25)21(24(26)32)22(27-29)15-5-8-18(9-6-15)35-19-12-16(30(33)34)7-4-14(19)2;1-3-20(30)28-13-12-16(14-28)29-23(25)21(24(26)31)22(27-29)15-4-6-18(7-5-15)33-19-10-8-17(32-2)9-11-19;1-2-19(30)28-12-11-15(13-28)29-22(25)20(23(26)31)21(27-29)14-7-9-16(10-8-14)32-18-6-4-3-5-17(18)24/h3-9,12,17H,1,10-11,13,25H2,2H3,(H2,26,32);3-11,16H,1,12-14,25H2,2H3,(H2,26,31);2-10,15H,1,11-13,25H2,(H2,26,31)/t17-;16-;15-/m111/s1. The molecular weight excluding hydrogens is 1300 g/mol. The molecule has 6 heterocycles. The van der Waals surface area contributed by atoms with Gasteiger partial charge in [0.2, 0.25) is 17.7 Å². The predicted octanol–water partition coefficient (Wildman–Crippen LogP) is 9.83. The molecule has 3 atom stereocenters. The van der Waals surface area contributed by atoms with Crippen LogP contribution in [0.15, 0.2) is 177 Å². The summed E-state index contributed by atoms with van der Waals surface area (Å²) in [5.41, 5.74) is 39.8. The predicted molar refractivity (Wildman–Crippen MR) is 376 cm³/mol. The minimum absolute atomic E-state index is 0.0744. The molecule has 100 heavy (non-hydrogen) atoms. The van der Waals surface area contributed by atoms with Crippen molar-refractivity contribution in [2.24, 2.45) is 17.2 Å². The fourth-order valence-corrected chi connectivity index (χ4v) is 11.9. The van der Waals surface area contributed by atoms with Gasteiger partial charge in [0, 0.05) is 62.0 Å². The van der Waals surface area contributed by atoms with Crippen molar-refractivity contribution in [3.63, 3.8) is 0 Å². The van der Waals surface area contributed by atoms with Crippen LogP contribution in [0, 0.1) is 17.0 Å². The number of non-ortho nitro benzene ring substituents is 1. The van der Waals surface area contributed by atoms with Crippen LogP contribution in [0.25, 0.3) is 33.8 Å². The van der Waals surface area contributed by atoms with Crippen molar-refractivity contribution >= 4 is 70.2 Å². The first-order valence-corrected chi connectivity index (χ1v) is 31.6. The summed E-state index contributed by atoms with van der Waals surface area (Å²) in [6.45, 7) is 15.3. The molecular formula is C71H71ClN16O12. The molecule has 514 valence electrons. The van der Waals surface area contributed by atoms with E-state index in [0.29, 0.717) is 132 Å². The number of nitro groups is 1. The fourth-order valence-electron chi connectivity index (χ4n) is 11.7. The highest BCUT2D eigenvalue weighted by Crippen LogP contribution is 2.39. The fraction of sp³-hybridized carbons (Fsp3) is 0.197. The van der Waals surface area contributed by atoms with Crippen LogP contribution in [0.3, 0.4) is 0 Å². The molecule has 3 aliphatic heterocycles. The maximum absolute atomic E-state index is 12.2. The lowest BCUT2D eigenvalue weighted by Crippen LogP contribution is -2.27. The molecule has 3 fully saturated rings. The number of nitro benzene ring substituents is 1. The second-order valence-electron chi connectivity index (χ2n) is 23.2. The van der Waals surface area contributed by atoms with Crippen LogP contribution in [-0.2, 0) is 14.4 Å². The largest absolute Gasteiger partial charge is 0.497 e. The molecule has 6 amide bonds. The van der Waals surface area contributed by atoms with Gasteiger partial charge in [-0.1, -0.05) is 43.5 Å². The Morgan fingerprint density at radius 2 is 0.830 bits per heavy atom. The number of rotatable bonds is 20. The number of hydrogen-bond donors (Lipinski definition) is 6. The Morgan fingerprint density at radius 3 is 1.16 bits per heavy atom. The lowest BCUT2D eigenvalue weighted by Gasteiger charge is -2.15. The van der Waals surface area contributed by atoms with Crippen LogP contribution in [0.1, 0.15) is 74.0 Å². The number of benzene rings is 6. The van der Waals surface area contributed by atoms with E-state index in [1.54, 1.807) is 134 Å². The molecule has 6 aromatic carbocycles. The Labute approximate surface area is 578 Å². The summed E-state index contributed by atoms with van der Waals surface area (Å²) in [4.78, 5) is 88.0. The van der Waals surface area contributed by atoms with Crippen molar-refractivity contribution in [3.8, 4) is 74.0 Å². The first-order chi connectivity index (χ1) is 48.0. The summed E-state index contributed by atoms with van der Waals surface area (Å²) in [7, 11) is 1.60. The van der Waals surface area contributed by atoms with Gasteiger partial charge in [0.05, 0.1) is 41.2 Å². The monoisotopic (exact) mass is 1370 g/mol. The Hall–Kier alpha value is -12.7. The summed E-state index contributed by atoms with van der Waals surface area (Å²) < 4.78 is 27.4. The molecule has 12 rings (SSSR count). The number of anilines is 3. The van der Waals surface area contributed by atoms with Crippen LogP contribution >= 0.6 is 11.6 Å². The number of amides is 6. The normalized spacial score (nSPS) is 15.3. The molecule has 0 aliphatic carbocycles. The number of carbonyl (C=O) groups is 6. The Bertz CT molecular complexity index is 4630. The van der Waals surface area contributed by atoms with Gasteiger partial charge in [0.25, 0.3) is 23.4 Å². The van der Waals surface area contributed by atoms with Gasteiger partial charge in [-0.15, -0.1) is 0 Å². The van der Waals surface area contributed by atoms with Crippen molar-refractivity contribution in [1.29, 1.82) is 0 Å². The second kappa shape index (κ2) is 30.6. The van der Waals surface area contributed by atoms with E-state index in [-0.39, 0.29) is 75.7 Å². The molecule has 0 spiro atoms. The topological polar surface area (TPSA) is 402 Å². The molecule has 3 aliphatic rings. The van der Waals surface area contributed by atoms with E-state index >= 15 is 0 Å². The molecule has 3 saturated heterocycles. The van der Waals surface area contributed by atoms with Crippen molar-refractivity contribution in [2.75, 3.05) is 63.6 Å². The number of ether oxygens (including phenoxy) is 4. The first kappa shape index (κ1) is 70.1. The SMILES string of the molecule is C=CC(=O)N1CC[C@@H](n2nc(-c3ccc(Oc4cc([N+](=O)[O-])ccc4C)cc3)c(C(N)=O)c2N)C1.C=CC(=O)N1CC[C@@H](n2nc(-c3ccc(Oc4ccc(OC)cc4)cc3)c(C(N)=O)c2N)C1.C=CC(=O)N1CC[C@@H](n2nc(-c3ccc(Oc4ccccc4Cl)cc3)c(C(N)=O)c2N)C1. The number of aryl methyl sites for hydroxylation is 1. The highest BCUT2D eigenvalue weighted by atomic mass is 35.5. The van der Waals surface area contributed by atoms with Crippen LogP contribution < -0.4 is 53.3 Å². The van der Waals surface area contributed by atoms with E-state index in [1.807, 2.05) is 36.4 Å². The van der Waals surface area contributed by atoms with Crippen molar-refractivity contribution in [2.45, 2.75) is 44.3 Å². The van der Waals surface area contributed by atoms with Gasteiger partial charge >= 0.3 is 0 Å². The number of aromatic nitrogens is 6. The van der Waals surface area contributed by atoms with Gasteiger partial charge in [-0.2, -0.15) is 15.3 Å². The quantitative estimate of drug-likeness (QED) is 0.0235. The zero-order chi connectivity index (χ0) is 71.6. The molecule has 28 nitrogen and oxygen atoms in total. The Balaban J connectivity index is 0.000000162. The number of para-hydroxylation sites is 1. The number of primary amides is 3. The smallest absolute Gasteiger partial charge is 0.273 e. The van der Waals surface area contributed by atoms with E-state index in [0.717, 1.165) is 11.3 Å². The summed E-state index contributed by atoms with van der Waals surface area (Å²) in [5, 5.41) is 25.3. The maximum atomic E-state index is 12.2. The van der Waals surface area contributed by atoms with E-state index in [1.165, 1.54) is 30.4 Å². The number of nitrogens with zero attached hydrogens (tertiary/aromatic N) is 10. The summed E-state index contributed by atoms with van der Waals surface area (Å²) in [5.74, 6) is 1.92. The van der Waals surface area contributed by atoms with Crippen molar-refractivity contribution < 1.29 is 52.6 Å². The zero-order valence-electron chi connectivity index (χ0n) is 54.4. The number of halogens is 1. The number of methoxy groups -OCH3 is 1.